The number of rotatable bonds is 0. The molecule has 1 unspecified atom stereocenters. The third kappa shape index (κ3) is 48.1. The zero-order valence-corrected chi connectivity index (χ0v) is 11.5. The van der Waals surface area contributed by atoms with Crippen LogP contribution in [0.2, 0.25) is 0 Å². The van der Waals surface area contributed by atoms with Gasteiger partial charge >= 0.3 is 29.6 Å². The quantitative estimate of drug-likeness (QED) is 0.280. The van der Waals surface area contributed by atoms with Crippen LogP contribution in [0.25, 0.3) is 0 Å². The molecule has 0 bridgehead atoms. The normalized spacial score (nSPS) is 8.86. The predicted octanol–water partition coefficient (Wildman–Crippen LogP) is -4.42. The average molecular weight is 150 g/mol. The van der Waals surface area contributed by atoms with E-state index in [-0.39, 0.29) is 88.7 Å². The van der Waals surface area contributed by atoms with E-state index in [0.717, 1.165) is 0 Å². The molecule has 0 saturated heterocycles. The zero-order valence-electron chi connectivity index (χ0n) is 4.67. The van der Waals surface area contributed by atoms with Gasteiger partial charge in [0.2, 0.25) is 0 Å². The van der Waals surface area contributed by atoms with Crippen molar-refractivity contribution in [3.8, 4) is 0 Å². The van der Waals surface area contributed by atoms with Gasteiger partial charge in [-0.25, -0.2) is 4.21 Å². The van der Waals surface area contributed by atoms with Crippen molar-refractivity contribution in [1.82, 2.24) is 0 Å². The Morgan fingerprint density at radius 1 is 1.43 bits per heavy atom. The maximum absolute atomic E-state index is 8.56. The molecule has 7 heavy (non-hydrogen) atoms. The summed E-state index contributed by atoms with van der Waals surface area (Å²) in [6.07, 6.45) is 0. The first kappa shape index (κ1) is 22.5. The molecule has 0 heterocycles. The van der Waals surface area contributed by atoms with Crippen molar-refractivity contribution in [2.75, 3.05) is 0 Å². The van der Waals surface area contributed by atoms with E-state index in [0.29, 0.717) is 0 Å². The molecule has 0 saturated carbocycles. The minimum atomic E-state index is -2.86. The van der Waals surface area contributed by atoms with Crippen molar-refractivity contribution in [3.63, 3.8) is 0 Å². The molecule has 0 aliphatic rings. The summed E-state index contributed by atoms with van der Waals surface area (Å²) in [5, 5.41) is 0. The predicted molar refractivity (Wildman–Crippen MR) is 23.1 cm³/mol. The van der Waals surface area contributed by atoms with Gasteiger partial charge in [-0.3, -0.25) is 0 Å². The summed E-state index contributed by atoms with van der Waals surface area (Å²) in [6, 6.07) is 0. The van der Waals surface area contributed by atoms with Crippen molar-refractivity contribution in [2.45, 2.75) is 0 Å². The Morgan fingerprint density at radius 3 is 1.43 bits per heavy atom. The van der Waals surface area contributed by atoms with Crippen molar-refractivity contribution < 1.29 is 42.9 Å². The van der Waals surface area contributed by atoms with Crippen molar-refractivity contribution in [3.05, 3.63) is 0 Å². The van der Waals surface area contributed by atoms with E-state index < -0.39 is 11.4 Å². The van der Waals surface area contributed by atoms with E-state index in [2.05, 4.69) is 0 Å². The van der Waals surface area contributed by atoms with Gasteiger partial charge in [-0.2, -0.15) is 0 Å². The Hall–Kier alpha value is 3.07. The molecule has 2 radical (unpaired) electrons. The maximum Gasteiger partial charge on any atom is 1.00 e. The van der Waals surface area contributed by atoms with Gasteiger partial charge < -0.3 is 9.11 Å². The molecule has 7 heteroatoms. The van der Waals surface area contributed by atoms with Crippen LogP contribution in [0.4, 0.5) is 0 Å². The van der Waals surface area contributed by atoms with E-state index in [9.17, 15) is 0 Å². The molecule has 0 aromatic heterocycles. The van der Waals surface area contributed by atoms with Gasteiger partial charge in [0.25, 0.3) is 0 Å². The summed E-state index contributed by atoms with van der Waals surface area (Å²) in [5.74, 6) is 0. The molecule has 0 aliphatic carbocycles. The van der Waals surface area contributed by atoms with Crippen LogP contribution < -0.4 is 29.6 Å². The van der Waals surface area contributed by atoms with E-state index in [1.807, 2.05) is 0 Å². The van der Waals surface area contributed by atoms with Crippen molar-refractivity contribution in [2.24, 2.45) is 0 Å². The summed E-state index contributed by atoms with van der Waals surface area (Å²) in [5.41, 5.74) is 0. The monoisotopic (exact) mass is 150 g/mol. The molecule has 1 N–H and O–H groups in total. The number of hydrogen-bond donors (Lipinski definition) is 1. The van der Waals surface area contributed by atoms with Crippen LogP contribution >= 0.6 is 0 Å². The molecule has 0 aromatic carbocycles. The minimum Gasteiger partial charge on any atom is -0.750 e. The SMILES string of the molecule is O=S([O-])O.[Na+].[Na].[Na]. The van der Waals surface area contributed by atoms with Gasteiger partial charge in [0.1, 0.15) is 0 Å². The average Bonchev–Trinajstić information content (AvgIpc) is 0.811. The molecule has 3 nitrogen and oxygen atoms in total. The first-order valence-corrected chi connectivity index (χ1v) is 1.55. The van der Waals surface area contributed by atoms with E-state index in [4.69, 9.17) is 13.3 Å². The van der Waals surface area contributed by atoms with Gasteiger partial charge in [-0.1, -0.05) is 0 Å². The Morgan fingerprint density at radius 2 is 1.43 bits per heavy atom. The Balaban J connectivity index is -0.0000000150. The van der Waals surface area contributed by atoms with Gasteiger partial charge in [0, 0.05) is 59.1 Å². The fraction of sp³-hybridized carbons (Fsp3) is 0. The molecule has 0 spiro atoms. The first-order chi connectivity index (χ1) is 1.73. The second kappa shape index (κ2) is 16.0. The third-order valence-corrected chi connectivity index (χ3v) is 0. The van der Waals surface area contributed by atoms with Crippen molar-refractivity contribution in [1.29, 1.82) is 0 Å². The van der Waals surface area contributed by atoms with Crippen LogP contribution in [0.15, 0.2) is 0 Å². The van der Waals surface area contributed by atoms with Gasteiger partial charge in [-0.05, 0) is 0 Å². The van der Waals surface area contributed by atoms with Crippen LogP contribution in [-0.4, -0.2) is 72.4 Å². The van der Waals surface area contributed by atoms with E-state index >= 15 is 0 Å². The summed E-state index contributed by atoms with van der Waals surface area (Å²) < 4.78 is 24.1. The van der Waals surface area contributed by atoms with Crippen LogP contribution in [0.5, 0.6) is 0 Å². The molecule has 0 rings (SSSR count). The second-order valence-electron chi connectivity index (χ2n) is 0.217. The van der Waals surface area contributed by atoms with Crippen LogP contribution in [0.1, 0.15) is 0 Å². The summed E-state index contributed by atoms with van der Waals surface area (Å²) in [6.45, 7) is 0. The number of hydrogen-bond acceptors (Lipinski definition) is 2. The van der Waals surface area contributed by atoms with Crippen LogP contribution in [0, 0.1) is 0 Å². The van der Waals surface area contributed by atoms with Crippen LogP contribution in [-0.2, 0) is 11.4 Å². The Kier molecular flexibility index (Phi) is 51.5. The zero-order chi connectivity index (χ0) is 3.58. The second-order valence-corrected chi connectivity index (χ2v) is 0.651. The standard InChI is InChI=1S/3Na.H2O3S/c;;;1-4(2)3/h;;;(H2,1,2,3)/q;;+1;/p-1. The first-order valence-electron chi connectivity index (χ1n) is 0.516. The fourth-order valence-electron chi connectivity index (χ4n) is 0. The summed E-state index contributed by atoms with van der Waals surface area (Å²) in [7, 11) is 0. The van der Waals surface area contributed by atoms with Crippen molar-refractivity contribution >= 4 is 70.5 Å². The Labute approximate surface area is 111 Å². The maximum atomic E-state index is 8.56. The molecule has 0 aromatic rings. The molecule has 0 amide bonds. The molecular formula is HNa3O3S. The summed E-state index contributed by atoms with van der Waals surface area (Å²) >= 11 is -2.86. The van der Waals surface area contributed by atoms with E-state index in [1.165, 1.54) is 0 Å². The molecule has 28 valence electrons. The molecule has 1 atom stereocenters. The van der Waals surface area contributed by atoms with Gasteiger partial charge in [0.15, 0.2) is 0 Å². The summed E-state index contributed by atoms with van der Waals surface area (Å²) in [4.78, 5) is 0. The molecule has 0 fully saturated rings. The third-order valence-electron chi connectivity index (χ3n) is 0. The van der Waals surface area contributed by atoms with Gasteiger partial charge in [-0.15, -0.1) is 0 Å². The molecular weight excluding hydrogens is 149 g/mol. The largest absolute Gasteiger partial charge is 1.00 e. The topological polar surface area (TPSA) is 60.4 Å². The van der Waals surface area contributed by atoms with Crippen LogP contribution in [0.3, 0.4) is 0 Å². The Bertz CT molecular complexity index is 33.2. The smallest absolute Gasteiger partial charge is 0.750 e. The van der Waals surface area contributed by atoms with E-state index in [1.54, 1.807) is 0 Å². The fourth-order valence-corrected chi connectivity index (χ4v) is 0. The minimum absolute atomic E-state index is 0. The molecule has 0 aliphatic heterocycles. The van der Waals surface area contributed by atoms with Gasteiger partial charge in [0.05, 0.1) is 11.4 Å².